The first-order valence-electron chi connectivity index (χ1n) is 6.47. The van der Waals surface area contributed by atoms with E-state index in [1.807, 2.05) is 6.92 Å². The summed E-state index contributed by atoms with van der Waals surface area (Å²) in [6.07, 6.45) is 3.25. The molecular formula is C13H23N3O2. The summed E-state index contributed by atoms with van der Waals surface area (Å²) in [7, 11) is 1.60. The third kappa shape index (κ3) is 5.82. The van der Waals surface area contributed by atoms with E-state index >= 15 is 0 Å². The Kier molecular flexibility index (Phi) is 7.10. The van der Waals surface area contributed by atoms with Crippen molar-refractivity contribution >= 4 is 5.95 Å². The van der Waals surface area contributed by atoms with Crippen LogP contribution < -0.4 is 10.1 Å². The van der Waals surface area contributed by atoms with Crippen molar-refractivity contribution in [1.82, 2.24) is 9.97 Å². The summed E-state index contributed by atoms with van der Waals surface area (Å²) in [6, 6.07) is 1.80. The van der Waals surface area contributed by atoms with E-state index in [1.54, 1.807) is 13.2 Å². The first kappa shape index (κ1) is 14.7. The van der Waals surface area contributed by atoms with Gasteiger partial charge in [-0.25, -0.2) is 4.98 Å². The standard InChI is InChI=1S/C13H23N3O2/c1-4-5-8-18-9-6-7-14-13-15-11(2)10-12(16-13)17-3/h10H,4-9H2,1-3H3,(H,14,15,16). The Morgan fingerprint density at radius 3 is 2.72 bits per heavy atom. The lowest BCUT2D eigenvalue weighted by Crippen LogP contribution is -2.09. The van der Waals surface area contributed by atoms with Gasteiger partial charge >= 0.3 is 0 Å². The molecule has 1 N–H and O–H groups in total. The number of nitrogens with zero attached hydrogens (tertiary/aromatic N) is 2. The van der Waals surface area contributed by atoms with Gasteiger partial charge in [0.25, 0.3) is 0 Å². The number of anilines is 1. The van der Waals surface area contributed by atoms with Gasteiger partial charge in [0.15, 0.2) is 0 Å². The molecule has 0 unspecified atom stereocenters. The van der Waals surface area contributed by atoms with Crippen LogP contribution in [0.5, 0.6) is 5.88 Å². The highest BCUT2D eigenvalue weighted by Gasteiger charge is 2.01. The normalized spacial score (nSPS) is 10.4. The van der Waals surface area contributed by atoms with Crippen LogP contribution in [0, 0.1) is 6.92 Å². The number of hydrogen-bond donors (Lipinski definition) is 1. The van der Waals surface area contributed by atoms with E-state index in [0.29, 0.717) is 11.8 Å². The summed E-state index contributed by atoms with van der Waals surface area (Å²) in [5.74, 6) is 1.20. The van der Waals surface area contributed by atoms with Crippen molar-refractivity contribution in [3.63, 3.8) is 0 Å². The second-order valence-electron chi connectivity index (χ2n) is 4.12. The molecule has 0 aliphatic carbocycles. The SMILES string of the molecule is CCCCOCCCNc1nc(C)cc(OC)n1. The molecule has 1 rings (SSSR count). The second-order valence-corrected chi connectivity index (χ2v) is 4.12. The predicted octanol–water partition coefficient (Wildman–Crippen LogP) is 2.41. The number of aryl methyl sites for hydroxylation is 1. The molecule has 0 spiro atoms. The molecule has 1 aromatic heterocycles. The van der Waals surface area contributed by atoms with E-state index in [4.69, 9.17) is 9.47 Å². The lowest BCUT2D eigenvalue weighted by atomic mass is 10.4. The molecule has 18 heavy (non-hydrogen) atoms. The number of methoxy groups -OCH3 is 1. The minimum Gasteiger partial charge on any atom is -0.481 e. The molecule has 0 saturated carbocycles. The number of rotatable bonds is 9. The van der Waals surface area contributed by atoms with Gasteiger partial charge in [-0.05, 0) is 19.8 Å². The Hall–Kier alpha value is -1.36. The molecule has 0 fully saturated rings. The first-order chi connectivity index (χ1) is 8.76. The van der Waals surface area contributed by atoms with Crippen LogP contribution in [-0.4, -0.2) is 36.8 Å². The molecule has 0 aromatic carbocycles. The largest absolute Gasteiger partial charge is 0.481 e. The second kappa shape index (κ2) is 8.69. The molecule has 1 heterocycles. The van der Waals surface area contributed by atoms with Crippen LogP contribution in [0.15, 0.2) is 6.07 Å². The molecule has 5 nitrogen and oxygen atoms in total. The first-order valence-corrected chi connectivity index (χ1v) is 6.47. The Morgan fingerprint density at radius 1 is 1.22 bits per heavy atom. The molecule has 0 aliphatic heterocycles. The molecule has 1 aromatic rings. The van der Waals surface area contributed by atoms with Crippen LogP contribution in [0.25, 0.3) is 0 Å². The van der Waals surface area contributed by atoms with Gasteiger partial charge < -0.3 is 14.8 Å². The molecule has 0 aliphatic rings. The summed E-state index contributed by atoms with van der Waals surface area (Å²) in [5, 5.41) is 3.17. The van der Waals surface area contributed by atoms with Crippen molar-refractivity contribution in [3.8, 4) is 5.88 Å². The zero-order valence-corrected chi connectivity index (χ0v) is 11.5. The van der Waals surface area contributed by atoms with E-state index < -0.39 is 0 Å². The Bertz CT molecular complexity index is 345. The number of hydrogen-bond acceptors (Lipinski definition) is 5. The Morgan fingerprint density at radius 2 is 2.00 bits per heavy atom. The molecule has 102 valence electrons. The Balaban J connectivity index is 2.20. The molecule has 0 atom stereocenters. The van der Waals surface area contributed by atoms with Crippen LogP contribution >= 0.6 is 0 Å². The number of ether oxygens (including phenoxy) is 2. The zero-order valence-electron chi connectivity index (χ0n) is 11.5. The van der Waals surface area contributed by atoms with Gasteiger partial charge in [-0.3, -0.25) is 0 Å². The molecule has 0 amide bonds. The van der Waals surface area contributed by atoms with Gasteiger partial charge in [-0.1, -0.05) is 13.3 Å². The smallest absolute Gasteiger partial charge is 0.226 e. The van der Waals surface area contributed by atoms with Crippen LogP contribution in [0.3, 0.4) is 0 Å². The lowest BCUT2D eigenvalue weighted by molar-refractivity contribution is 0.131. The lowest BCUT2D eigenvalue weighted by Gasteiger charge is -2.07. The van der Waals surface area contributed by atoms with Gasteiger partial charge in [-0.15, -0.1) is 0 Å². The summed E-state index contributed by atoms with van der Waals surface area (Å²) in [5.41, 5.74) is 0.892. The summed E-state index contributed by atoms with van der Waals surface area (Å²) in [6.45, 7) is 6.51. The summed E-state index contributed by atoms with van der Waals surface area (Å²) in [4.78, 5) is 8.50. The monoisotopic (exact) mass is 253 g/mol. The van der Waals surface area contributed by atoms with Crippen molar-refractivity contribution in [2.45, 2.75) is 33.1 Å². The average molecular weight is 253 g/mol. The average Bonchev–Trinajstić information content (AvgIpc) is 2.37. The van der Waals surface area contributed by atoms with E-state index in [9.17, 15) is 0 Å². The van der Waals surface area contributed by atoms with Crippen molar-refractivity contribution in [3.05, 3.63) is 11.8 Å². The number of unbranched alkanes of at least 4 members (excludes halogenated alkanes) is 1. The van der Waals surface area contributed by atoms with Gasteiger partial charge in [0.2, 0.25) is 11.8 Å². The van der Waals surface area contributed by atoms with Crippen molar-refractivity contribution in [2.24, 2.45) is 0 Å². The van der Waals surface area contributed by atoms with Crippen molar-refractivity contribution < 1.29 is 9.47 Å². The molecule has 0 radical (unpaired) electrons. The van der Waals surface area contributed by atoms with Gasteiger partial charge in [0, 0.05) is 31.5 Å². The molecule has 0 saturated heterocycles. The van der Waals surface area contributed by atoms with E-state index in [1.165, 1.54) is 6.42 Å². The van der Waals surface area contributed by atoms with Crippen LogP contribution in [-0.2, 0) is 4.74 Å². The highest BCUT2D eigenvalue weighted by Crippen LogP contribution is 2.10. The van der Waals surface area contributed by atoms with Crippen LogP contribution in [0.4, 0.5) is 5.95 Å². The van der Waals surface area contributed by atoms with Crippen LogP contribution in [0.2, 0.25) is 0 Å². The van der Waals surface area contributed by atoms with Crippen molar-refractivity contribution in [1.29, 1.82) is 0 Å². The zero-order chi connectivity index (χ0) is 13.2. The number of aromatic nitrogens is 2. The van der Waals surface area contributed by atoms with Crippen molar-refractivity contribution in [2.75, 3.05) is 32.2 Å². The van der Waals surface area contributed by atoms with Gasteiger partial charge in [-0.2, -0.15) is 4.98 Å². The fraction of sp³-hybridized carbons (Fsp3) is 0.692. The third-order valence-electron chi connectivity index (χ3n) is 2.43. The van der Waals surface area contributed by atoms with E-state index in [2.05, 4.69) is 22.2 Å². The third-order valence-corrected chi connectivity index (χ3v) is 2.43. The maximum Gasteiger partial charge on any atom is 0.226 e. The predicted molar refractivity (Wildman–Crippen MR) is 72.2 cm³/mol. The van der Waals surface area contributed by atoms with Gasteiger partial charge in [0.1, 0.15) is 0 Å². The summed E-state index contributed by atoms with van der Waals surface area (Å²) < 4.78 is 10.6. The quantitative estimate of drug-likeness (QED) is 0.685. The fourth-order valence-corrected chi connectivity index (χ4v) is 1.45. The minimum absolute atomic E-state index is 0.587. The molecular weight excluding hydrogens is 230 g/mol. The number of nitrogens with one attached hydrogen (secondary N) is 1. The van der Waals surface area contributed by atoms with Crippen LogP contribution in [0.1, 0.15) is 31.9 Å². The molecule has 0 bridgehead atoms. The topological polar surface area (TPSA) is 56.3 Å². The Labute approximate surface area is 109 Å². The molecule has 5 heteroatoms. The summed E-state index contributed by atoms with van der Waals surface area (Å²) >= 11 is 0. The maximum absolute atomic E-state index is 5.48. The fourth-order valence-electron chi connectivity index (χ4n) is 1.45. The minimum atomic E-state index is 0.587. The van der Waals surface area contributed by atoms with E-state index in [0.717, 1.165) is 38.3 Å². The highest BCUT2D eigenvalue weighted by atomic mass is 16.5. The maximum atomic E-state index is 5.48. The highest BCUT2D eigenvalue weighted by molar-refractivity contribution is 5.30. The van der Waals surface area contributed by atoms with E-state index in [-0.39, 0.29) is 0 Å². The van der Waals surface area contributed by atoms with Gasteiger partial charge in [0.05, 0.1) is 7.11 Å².